The fraction of sp³-hybridized carbons (Fsp3) is 0.111. The molecule has 0 aromatic carbocycles. The van der Waals surface area contributed by atoms with Gasteiger partial charge in [0, 0.05) is 11.6 Å². The van der Waals surface area contributed by atoms with E-state index in [2.05, 4.69) is 4.99 Å². The van der Waals surface area contributed by atoms with E-state index in [0.29, 0.717) is 5.71 Å². The number of fused-ring (bicyclic) bond motifs is 1. The lowest BCUT2D eigenvalue weighted by molar-refractivity contribution is -0.113. The molecule has 1 aliphatic carbocycles. The van der Waals surface area contributed by atoms with Gasteiger partial charge >= 0.3 is 0 Å². The van der Waals surface area contributed by atoms with E-state index >= 15 is 0 Å². The van der Waals surface area contributed by atoms with Crippen molar-refractivity contribution in [2.24, 2.45) is 4.99 Å². The van der Waals surface area contributed by atoms with Crippen LogP contribution in [0.15, 0.2) is 40.6 Å². The van der Waals surface area contributed by atoms with Crippen LogP contribution in [-0.2, 0) is 4.79 Å². The van der Waals surface area contributed by atoms with Gasteiger partial charge in [0.05, 0.1) is 5.71 Å². The van der Waals surface area contributed by atoms with Crippen LogP contribution in [0.2, 0.25) is 0 Å². The van der Waals surface area contributed by atoms with Crippen molar-refractivity contribution >= 4 is 11.6 Å². The first-order valence-corrected chi connectivity index (χ1v) is 3.75. The third-order valence-electron chi connectivity index (χ3n) is 1.81. The predicted molar refractivity (Wildman–Crippen MR) is 45.3 cm³/mol. The fourth-order valence-corrected chi connectivity index (χ4v) is 1.23. The molecule has 1 aliphatic heterocycles. The first-order chi connectivity index (χ1) is 6.16. The molecule has 0 bridgehead atoms. The van der Waals surface area contributed by atoms with Gasteiger partial charge in [-0.3, -0.25) is 4.79 Å². The molecule has 0 saturated heterocycles. The van der Waals surface area contributed by atoms with Crippen molar-refractivity contribution in [2.75, 3.05) is 0 Å². The summed E-state index contributed by atoms with van der Waals surface area (Å²) in [7, 11) is 0. The highest BCUT2D eigenvalue weighted by molar-refractivity contribution is 6.20. The summed E-state index contributed by atoms with van der Waals surface area (Å²) in [6.45, 7) is 0. The fourth-order valence-electron chi connectivity index (χ4n) is 1.23. The lowest BCUT2D eigenvalue weighted by Crippen LogP contribution is -2.16. The van der Waals surface area contributed by atoms with Crippen LogP contribution in [0, 0.1) is 0 Å². The normalized spacial score (nSPS) is 26.1. The number of amides is 1. The van der Waals surface area contributed by atoms with Crippen LogP contribution in [0.1, 0.15) is 0 Å². The Balaban J connectivity index is 2.48. The Morgan fingerprint density at radius 3 is 3.08 bits per heavy atom. The monoisotopic (exact) mass is 179 g/mol. The highest BCUT2D eigenvalue weighted by atomic mass is 19.1. The number of halogens is 1. The summed E-state index contributed by atoms with van der Waals surface area (Å²) in [5.74, 6) is -0.742. The maximum Gasteiger partial charge on any atom is 0.274 e. The number of carbonyl (C=O) groups is 1. The molecule has 0 aromatic rings. The highest BCUT2D eigenvalue weighted by Gasteiger charge is 2.21. The highest BCUT2D eigenvalue weighted by Crippen LogP contribution is 2.21. The van der Waals surface area contributed by atoms with Crippen LogP contribution in [-0.4, -0.2) is 22.9 Å². The molecular weight excluding hydrogens is 173 g/mol. The van der Waals surface area contributed by atoms with E-state index in [1.54, 1.807) is 0 Å². The van der Waals surface area contributed by atoms with Gasteiger partial charge in [-0.05, 0) is 18.2 Å². The van der Waals surface area contributed by atoms with Gasteiger partial charge < -0.3 is 5.11 Å². The first-order valence-electron chi connectivity index (χ1n) is 3.75. The molecule has 1 unspecified atom stereocenters. The van der Waals surface area contributed by atoms with Gasteiger partial charge in [0.1, 0.15) is 11.9 Å². The minimum atomic E-state index is -1.22. The number of dihydropyridines is 1. The number of nitrogens with zero attached hydrogens (tertiary/aromatic N) is 1. The minimum absolute atomic E-state index is 0.220. The molecule has 0 aromatic heterocycles. The van der Waals surface area contributed by atoms with Crippen LogP contribution >= 0.6 is 0 Å². The molecule has 0 radical (unpaired) electrons. The Hall–Kier alpha value is -1.71. The third-order valence-corrected chi connectivity index (χ3v) is 1.81. The molecule has 0 fully saturated rings. The standard InChI is InChI=1S/C9H6FNO2/c10-5-1-2-7-6(3-5)8(12)4-9(13)11-7/h1-5,12H. The van der Waals surface area contributed by atoms with Crippen molar-refractivity contribution in [3.8, 4) is 0 Å². The number of hydrogen-bond acceptors (Lipinski definition) is 2. The topological polar surface area (TPSA) is 49.7 Å². The molecule has 1 atom stereocenters. The number of hydrogen-bond donors (Lipinski definition) is 1. The van der Waals surface area contributed by atoms with Gasteiger partial charge in [-0.15, -0.1) is 0 Å². The van der Waals surface area contributed by atoms with E-state index < -0.39 is 12.1 Å². The first kappa shape index (κ1) is 7.91. The lowest BCUT2D eigenvalue weighted by atomic mass is 9.99. The van der Waals surface area contributed by atoms with Gasteiger partial charge in [-0.25, -0.2) is 9.38 Å². The van der Waals surface area contributed by atoms with Crippen molar-refractivity contribution in [1.29, 1.82) is 0 Å². The van der Waals surface area contributed by atoms with Gasteiger partial charge in [0.15, 0.2) is 0 Å². The van der Waals surface area contributed by atoms with E-state index in [9.17, 15) is 14.3 Å². The van der Waals surface area contributed by atoms with Gasteiger partial charge in [-0.1, -0.05) is 0 Å². The summed E-state index contributed by atoms with van der Waals surface area (Å²) in [6, 6.07) is 0. The van der Waals surface area contributed by atoms with Gasteiger partial charge in [-0.2, -0.15) is 0 Å². The number of allylic oxidation sites excluding steroid dienone is 4. The maximum atomic E-state index is 12.8. The Morgan fingerprint density at radius 1 is 1.54 bits per heavy atom. The van der Waals surface area contributed by atoms with Crippen LogP contribution < -0.4 is 0 Å². The Labute approximate surface area is 73.6 Å². The minimum Gasteiger partial charge on any atom is -0.507 e. The van der Waals surface area contributed by atoms with Crippen molar-refractivity contribution in [3.05, 3.63) is 35.6 Å². The Bertz CT molecular complexity index is 390. The molecule has 1 heterocycles. The molecule has 2 rings (SSSR count). The summed E-state index contributed by atoms with van der Waals surface area (Å²) in [5, 5.41) is 9.28. The molecule has 66 valence electrons. The molecule has 13 heavy (non-hydrogen) atoms. The summed E-state index contributed by atoms with van der Waals surface area (Å²) >= 11 is 0. The van der Waals surface area contributed by atoms with Crippen molar-refractivity contribution in [1.82, 2.24) is 0 Å². The van der Waals surface area contributed by atoms with Gasteiger partial charge in [0.2, 0.25) is 0 Å². The second-order valence-electron chi connectivity index (χ2n) is 2.75. The third kappa shape index (κ3) is 1.30. The number of aliphatic hydroxyl groups excluding tert-OH is 1. The summed E-state index contributed by atoms with van der Waals surface area (Å²) in [4.78, 5) is 14.4. The summed E-state index contributed by atoms with van der Waals surface area (Å²) < 4.78 is 12.8. The lowest BCUT2D eigenvalue weighted by Gasteiger charge is -2.14. The predicted octanol–water partition coefficient (Wildman–Crippen LogP) is 1.24. The molecule has 2 aliphatic rings. The number of alkyl halides is 1. The zero-order valence-electron chi connectivity index (χ0n) is 6.57. The number of aliphatic imine (C=N–C) groups is 1. The van der Waals surface area contributed by atoms with Gasteiger partial charge in [0.25, 0.3) is 5.91 Å². The summed E-state index contributed by atoms with van der Waals surface area (Å²) in [6.07, 6.45) is 3.63. The van der Waals surface area contributed by atoms with E-state index in [4.69, 9.17) is 0 Å². The quantitative estimate of drug-likeness (QED) is 0.608. The second-order valence-corrected chi connectivity index (χ2v) is 2.75. The molecule has 4 heteroatoms. The van der Waals surface area contributed by atoms with Crippen molar-refractivity contribution < 1.29 is 14.3 Å². The zero-order chi connectivity index (χ0) is 9.42. The molecule has 0 saturated carbocycles. The van der Waals surface area contributed by atoms with E-state index in [1.807, 2.05) is 0 Å². The number of aliphatic hydroxyl groups is 1. The van der Waals surface area contributed by atoms with E-state index in [1.165, 1.54) is 18.2 Å². The average molecular weight is 179 g/mol. The van der Waals surface area contributed by atoms with E-state index in [-0.39, 0.29) is 11.3 Å². The van der Waals surface area contributed by atoms with Crippen LogP contribution in [0.4, 0.5) is 4.39 Å². The molecule has 1 N–H and O–H groups in total. The van der Waals surface area contributed by atoms with Crippen LogP contribution in [0.5, 0.6) is 0 Å². The maximum absolute atomic E-state index is 12.8. The largest absolute Gasteiger partial charge is 0.507 e. The molecule has 0 spiro atoms. The van der Waals surface area contributed by atoms with Crippen LogP contribution in [0.25, 0.3) is 0 Å². The number of carbonyl (C=O) groups excluding carboxylic acids is 1. The second kappa shape index (κ2) is 2.65. The van der Waals surface area contributed by atoms with E-state index in [0.717, 1.165) is 6.08 Å². The van der Waals surface area contributed by atoms with Crippen molar-refractivity contribution in [3.63, 3.8) is 0 Å². The number of rotatable bonds is 0. The summed E-state index contributed by atoms with van der Waals surface area (Å²) in [5.41, 5.74) is 0.605. The Morgan fingerprint density at radius 2 is 2.31 bits per heavy atom. The molecule has 3 nitrogen and oxygen atoms in total. The Kier molecular flexibility index (Phi) is 1.62. The SMILES string of the molecule is O=C1C=C(O)C2=CC(F)C=CC2=N1. The van der Waals surface area contributed by atoms with Crippen molar-refractivity contribution in [2.45, 2.75) is 6.17 Å². The molecular formula is C9H6FNO2. The average Bonchev–Trinajstić information content (AvgIpc) is 2.06. The molecule has 1 amide bonds. The smallest absolute Gasteiger partial charge is 0.274 e. The zero-order valence-corrected chi connectivity index (χ0v) is 6.57. The van der Waals surface area contributed by atoms with Crippen LogP contribution in [0.3, 0.4) is 0 Å².